The number of rotatable bonds is 2. The molecule has 0 radical (unpaired) electrons. The first-order valence-electron chi connectivity index (χ1n) is 7.50. The Labute approximate surface area is 139 Å². The third kappa shape index (κ3) is 2.57. The van der Waals surface area contributed by atoms with Gasteiger partial charge in [-0.25, -0.2) is 4.98 Å². The second-order valence-electron chi connectivity index (χ2n) is 6.93. The van der Waals surface area contributed by atoms with Crippen LogP contribution in [0.5, 0.6) is 0 Å². The lowest BCUT2D eigenvalue weighted by Gasteiger charge is -2.12. The molecule has 0 aliphatic heterocycles. The number of nitrogens with zero attached hydrogens (tertiary/aromatic N) is 4. The predicted molar refractivity (Wildman–Crippen MR) is 91.5 cm³/mol. The van der Waals surface area contributed by atoms with Gasteiger partial charge in [0.1, 0.15) is 23.0 Å². The molecular weight excluding hydrogens is 314 g/mol. The lowest BCUT2D eigenvalue weighted by Crippen LogP contribution is -2.09. The average molecular weight is 334 g/mol. The quantitative estimate of drug-likeness (QED) is 0.759. The number of nitrogen functional groups attached to an aromatic ring is 1. The monoisotopic (exact) mass is 333 g/mol. The summed E-state index contributed by atoms with van der Waals surface area (Å²) in [6.45, 7) is 10.3. The fraction of sp³-hybridized carbons (Fsp3) is 0.438. The molecule has 0 atom stereocenters. The Morgan fingerprint density at radius 2 is 2.00 bits per heavy atom. The Kier molecular flexibility index (Phi) is 3.59. The van der Waals surface area contributed by atoms with Gasteiger partial charge < -0.3 is 10.3 Å². The van der Waals surface area contributed by atoms with Gasteiger partial charge in [-0.1, -0.05) is 37.5 Å². The molecule has 2 N–H and O–H groups in total. The van der Waals surface area contributed by atoms with Gasteiger partial charge in [0.05, 0.1) is 22.1 Å². The van der Waals surface area contributed by atoms with E-state index in [0.717, 1.165) is 11.3 Å². The molecule has 6 nitrogen and oxygen atoms in total. The summed E-state index contributed by atoms with van der Waals surface area (Å²) in [5, 5.41) is 10.1. The molecule has 0 amide bonds. The van der Waals surface area contributed by atoms with Crippen LogP contribution >= 0.6 is 11.6 Å². The van der Waals surface area contributed by atoms with Crippen LogP contribution in [-0.2, 0) is 5.41 Å². The van der Waals surface area contributed by atoms with Crippen molar-refractivity contribution >= 4 is 28.3 Å². The number of hydrogen-bond donors (Lipinski definition) is 1. The fourth-order valence-corrected chi connectivity index (χ4v) is 2.68. The zero-order valence-corrected chi connectivity index (χ0v) is 14.6. The van der Waals surface area contributed by atoms with Crippen molar-refractivity contribution < 1.29 is 4.52 Å². The first-order chi connectivity index (χ1) is 10.7. The van der Waals surface area contributed by atoms with Gasteiger partial charge in [-0.2, -0.15) is 5.10 Å². The molecule has 7 heteroatoms. The number of fused-ring (bicyclic) bond motifs is 1. The lowest BCUT2D eigenvalue weighted by molar-refractivity contribution is 0.330. The van der Waals surface area contributed by atoms with Gasteiger partial charge in [0.25, 0.3) is 0 Å². The molecule has 122 valence electrons. The molecule has 3 heterocycles. The molecule has 0 fully saturated rings. The van der Waals surface area contributed by atoms with Crippen LogP contribution in [0.2, 0.25) is 5.02 Å². The summed E-state index contributed by atoms with van der Waals surface area (Å²) in [7, 11) is 0. The van der Waals surface area contributed by atoms with E-state index in [2.05, 4.69) is 36.0 Å². The highest BCUT2D eigenvalue weighted by Crippen LogP contribution is 2.37. The van der Waals surface area contributed by atoms with Crippen LogP contribution in [-0.4, -0.2) is 19.9 Å². The number of aromatic nitrogens is 4. The topological polar surface area (TPSA) is 82.8 Å². The predicted octanol–water partition coefficient (Wildman–Crippen LogP) is 4.20. The number of pyridine rings is 1. The summed E-state index contributed by atoms with van der Waals surface area (Å²) in [5.41, 5.74) is 7.99. The molecule has 0 bridgehead atoms. The third-order valence-corrected chi connectivity index (χ3v) is 3.97. The largest absolute Gasteiger partial charge is 0.383 e. The Morgan fingerprint density at radius 3 is 2.57 bits per heavy atom. The number of nitrogens with two attached hydrogens (primary N) is 1. The molecule has 0 saturated heterocycles. The van der Waals surface area contributed by atoms with Crippen molar-refractivity contribution in [2.24, 2.45) is 0 Å². The van der Waals surface area contributed by atoms with E-state index in [4.69, 9.17) is 21.9 Å². The molecule has 0 unspecified atom stereocenters. The van der Waals surface area contributed by atoms with Crippen LogP contribution in [0.4, 0.5) is 5.82 Å². The highest BCUT2D eigenvalue weighted by molar-refractivity contribution is 6.35. The minimum absolute atomic E-state index is 0.125. The summed E-state index contributed by atoms with van der Waals surface area (Å²) < 4.78 is 7.32. The number of anilines is 1. The van der Waals surface area contributed by atoms with Crippen molar-refractivity contribution in [1.29, 1.82) is 0 Å². The maximum Gasteiger partial charge on any atom is 0.142 e. The number of hydrogen-bond acceptors (Lipinski definition) is 5. The zero-order valence-electron chi connectivity index (χ0n) is 13.9. The summed E-state index contributed by atoms with van der Waals surface area (Å²) >= 11 is 6.33. The molecule has 3 aromatic rings. The second-order valence-corrected chi connectivity index (χ2v) is 7.34. The van der Waals surface area contributed by atoms with E-state index in [1.165, 1.54) is 0 Å². The Balaban J connectivity index is 2.30. The minimum Gasteiger partial charge on any atom is -0.383 e. The second kappa shape index (κ2) is 5.23. The SMILES string of the molecule is CC(C)n1nc(-c2cc(C(C)(C)C)on2)c2c(N)ncc(Cl)c21. The van der Waals surface area contributed by atoms with Gasteiger partial charge >= 0.3 is 0 Å². The third-order valence-electron chi connectivity index (χ3n) is 3.69. The van der Waals surface area contributed by atoms with E-state index in [0.29, 0.717) is 27.6 Å². The van der Waals surface area contributed by atoms with Gasteiger partial charge in [-0.15, -0.1) is 0 Å². The van der Waals surface area contributed by atoms with E-state index in [1.807, 2.05) is 24.6 Å². The summed E-state index contributed by atoms with van der Waals surface area (Å²) in [5.74, 6) is 1.17. The first kappa shape index (κ1) is 15.8. The normalized spacial score (nSPS) is 12.5. The smallest absolute Gasteiger partial charge is 0.142 e. The summed E-state index contributed by atoms with van der Waals surface area (Å²) in [4.78, 5) is 4.16. The van der Waals surface area contributed by atoms with Crippen molar-refractivity contribution in [2.75, 3.05) is 5.73 Å². The summed E-state index contributed by atoms with van der Waals surface area (Å²) in [6, 6.07) is 2.02. The van der Waals surface area contributed by atoms with Crippen LogP contribution in [0, 0.1) is 0 Å². The maximum atomic E-state index is 6.33. The molecule has 3 aromatic heterocycles. The molecule has 3 rings (SSSR count). The average Bonchev–Trinajstić information content (AvgIpc) is 3.06. The van der Waals surface area contributed by atoms with Crippen molar-refractivity contribution in [3.63, 3.8) is 0 Å². The van der Waals surface area contributed by atoms with Crippen LogP contribution in [0.1, 0.15) is 46.4 Å². The van der Waals surface area contributed by atoms with E-state index in [1.54, 1.807) is 6.20 Å². The zero-order chi connectivity index (χ0) is 16.9. The van der Waals surface area contributed by atoms with Gasteiger partial charge in [-0.05, 0) is 13.8 Å². The molecule has 0 aliphatic carbocycles. The minimum atomic E-state index is -0.136. The first-order valence-corrected chi connectivity index (χ1v) is 7.87. The highest BCUT2D eigenvalue weighted by atomic mass is 35.5. The van der Waals surface area contributed by atoms with Crippen molar-refractivity contribution in [3.05, 3.63) is 23.0 Å². The van der Waals surface area contributed by atoms with Crippen LogP contribution in [0.25, 0.3) is 22.3 Å². The number of halogens is 1. The maximum absolute atomic E-state index is 6.33. The molecular formula is C16H20ClN5O. The van der Waals surface area contributed by atoms with E-state index < -0.39 is 0 Å². The van der Waals surface area contributed by atoms with Crippen molar-refractivity contribution in [1.82, 2.24) is 19.9 Å². The van der Waals surface area contributed by atoms with Crippen LogP contribution in [0.3, 0.4) is 0 Å². The van der Waals surface area contributed by atoms with E-state index >= 15 is 0 Å². The Bertz CT molecular complexity index is 873. The highest BCUT2D eigenvalue weighted by Gasteiger charge is 2.25. The fourth-order valence-electron chi connectivity index (χ4n) is 2.45. The molecule has 23 heavy (non-hydrogen) atoms. The summed E-state index contributed by atoms with van der Waals surface area (Å²) in [6.07, 6.45) is 1.55. The standard InChI is InChI=1S/C16H20ClN5O/c1-8(2)22-14-9(17)7-19-15(18)12(14)13(20-22)10-6-11(23-21-10)16(3,4)5/h6-8H,1-5H3,(H2,18,19). The lowest BCUT2D eigenvalue weighted by atomic mass is 9.93. The van der Waals surface area contributed by atoms with Crippen LogP contribution in [0.15, 0.2) is 16.8 Å². The van der Waals surface area contributed by atoms with Crippen molar-refractivity contribution in [2.45, 2.75) is 46.1 Å². The van der Waals surface area contributed by atoms with Crippen molar-refractivity contribution in [3.8, 4) is 11.4 Å². The molecule has 0 saturated carbocycles. The Hall–Kier alpha value is -2.08. The van der Waals surface area contributed by atoms with E-state index in [-0.39, 0.29) is 11.5 Å². The molecule has 0 aliphatic rings. The van der Waals surface area contributed by atoms with Crippen LogP contribution < -0.4 is 5.73 Å². The van der Waals surface area contributed by atoms with Gasteiger partial charge in [0.2, 0.25) is 0 Å². The Morgan fingerprint density at radius 1 is 1.30 bits per heavy atom. The van der Waals surface area contributed by atoms with Gasteiger partial charge in [0.15, 0.2) is 0 Å². The molecule has 0 aromatic carbocycles. The van der Waals surface area contributed by atoms with Gasteiger partial charge in [0, 0.05) is 17.5 Å². The molecule has 0 spiro atoms. The van der Waals surface area contributed by atoms with Gasteiger partial charge in [-0.3, -0.25) is 4.68 Å². The van der Waals surface area contributed by atoms with E-state index in [9.17, 15) is 0 Å².